The van der Waals surface area contributed by atoms with E-state index in [1.807, 2.05) is 0 Å². The van der Waals surface area contributed by atoms with Crippen molar-refractivity contribution in [3.05, 3.63) is 35.4 Å². The summed E-state index contributed by atoms with van der Waals surface area (Å²) in [6, 6.07) is 9.14. The number of nitrogens with two attached hydrogens (primary N) is 2. The van der Waals surface area contributed by atoms with Gasteiger partial charge in [-0.15, -0.1) is 86.8 Å². The number of benzene rings is 1. The lowest BCUT2D eigenvalue weighted by molar-refractivity contribution is 0.259. The number of halogens is 7. The molecule has 7 nitrogen and oxygen atoms in total. The van der Waals surface area contributed by atoms with Gasteiger partial charge in [0.05, 0.1) is 0 Å². The first kappa shape index (κ1) is 50.8. The minimum atomic E-state index is 0. The molecule has 0 radical (unpaired) electrons. The van der Waals surface area contributed by atoms with Gasteiger partial charge >= 0.3 is 0 Å². The predicted molar refractivity (Wildman–Crippen MR) is 178 cm³/mol. The molecule has 1 aromatic carbocycles. The second kappa shape index (κ2) is 35.0. The van der Waals surface area contributed by atoms with Crippen molar-refractivity contribution in [3.63, 3.8) is 0 Å². The highest BCUT2D eigenvalue weighted by Crippen LogP contribution is 2.10. The maximum absolute atomic E-state index is 5.77. The highest BCUT2D eigenvalue weighted by molar-refractivity contribution is 5.86. The lowest BCUT2D eigenvalue weighted by Gasteiger charge is -2.24. The molecule has 1 saturated heterocycles. The third-order valence-electron chi connectivity index (χ3n) is 5.58. The summed E-state index contributed by atoms with van der Waals surface area (Å²) in [7, 11) is 0. The van der Waals surface area contributed by atoms with E-state index in [2.05, 4.69) is 50.0 Å². The maximum atomic E-state index is 5.77. The van der Waals surface area contributed by atoms with Gasteiger partial charge in [0.15, 0.2) is 0 Å². The van der Waals surface area contributed by atoms with Crippen LogP contribution in [0.25, 0.3) is 0 Å². The Morgan fingerprint density at radius 3 is 1.73 bits per heavy atom. The van der Waals surface area contributed by atoms with E-state index in [1.165, 1.54) is 24.0 Å². The van der Waals surface area contributed by atoms with Crippen LogP contribution in [0.2, 0.25) is 0 Å². The molecule has 14 heteroatoms. The molecule has 1 heterocycles. The van der Waals surface area contributed by atoms with Crippen molar-refractivity contribution < 1.29 is 0 Å². The van der Waals surface area contributed by atoms with Crippen LogP contribution >= 0.6 is 86.8 Å². The number of nitrogens with one attached hydrogen (secondary N) is 3. The molecule has 0 bridgehead atoms. The fourth-order valence-corrected chi connectivity index (χ4v) is 3.86. The second-order valence-corrected chi connectivity index (χ2v) is 8.26. The Hall–Kier alpha value is 0.970. The number of hydrogen-bond acceptors (Lipinski definition) is 7. The molecule has 0 atom stereocenters. The first-order chi connectivity index (χ1) is 14.8. The van der Waals surface area contributed by atoms with Crippen molar-refractivity contribution in [2.45, 2.75) is 32.4 Å². The van der Waals surface area contributed by atoms with Gasteiger partial charge in [0.2, 0.25) is 0 Å². The highest BCUT2D eigenvalue weighted by atomic mass is 35.5. The fraction of sp³-hybridized carbons (Fsp3) is 0.739. The zero-order chi connectivity index (χ0) is 21.3. The molecule has 7 N–H and O–H groups in total. The van der Waals surface area contributed by atoms with Gasteiger partial charge in [-0.2, -0.15) is 0 Å². The summed E-state index contributed by atoms with van der Waals surface area (Å²) in [5, 5.41) is 10.6. The van der Waals surface area contributed by atoms with E-state index in [9.17, 15) is 0 Å². The Morgan fingerprint density at radius 2 is 1.16 bits per heavy atom. The van der Waals surface area contributed by atoms with Gasteiger partial charge < -0.3 is 27.4 Å². The highest BCUT2D eigenvalue weighted by Gasteiger charge is 2.08. The molecule has 0 aliphatic carbocycles. The lowest BCUT2D eigenvalue weighted by Crippen LogP contribution is -2.36. The maximum Gasteiger partial charge on any atom is 0.0234 e. The van der Waals surface area contributed by atoms with Crippen LogP contribution in [0.4, 0.5) is 0 Å². The normalized spacial score (nSPS) is 14.9. The van der Waals surface area contributed by atoms with Crippen LogP contribution in [0.15, 0.2) is 24.3 Å². The number of rotatable bonds is 9. The second-order valence-electron chi connectivity index (χ2n) is 8.26. The van der Waals surface area contributed by atoms with E-state index < -0.39 is 0 Å². The molecular formula is C23H52Cl7N7. The van der Waals surface area contributed by atoms with Crippen molar-refractivity contribution in [1.29, 1.82) is 0 Å². The average Bonchev–Trinajstić information content (AvgIpc) is 2.76. The van der Waals surface area contributed by atoms with Gasteiger partial charge in [-0.3, -0.25) is 9.80 Å². The summed E-state index contributed by atoms with van der Waals surface area (Å²) in [6.45, 7) is 14.0. The van der Waals surface area contributed by atoms with E-state index in [4.69, 9.17) is 11.5 Å². The lowest BCUT2D eigenvalue weighted by atomic mass is 10.1. The number of nitrogens with zero attached hydrogens (tertiary/aromatic N) is 2. The molecule has 1 aliphatic rings. The van der Waals surface area contributed by atoms with Crippen LogP contribution in [0.1, 0.15) is 30.4 Å². The molecule has 0 aromatic heterocycles. The SMILES string of the molecule is Cl.Cl.Cl.Cl.Cl.Cl.Cl.NCCCN(CCN)Cc1ccc(CN2CCCNCCNCCCNCC2)cc1. The van der Waals surface area contributed by atoms with Crippen LogP contribution in [0, 0.1) is 0 Å². The van der Waals surface area contributed by atoms with Crippen molar-refractivity contribution in [3.8, 4) is 0 Å². The molecule has 37 heavy (non-hydrogen) atoms. The average molecular weight is 675 g/mol. The topological polar surface area (TPSA) is 94.6 Å². The molecule has 0 spiro atoms. The van der Waals surface area contributed by atoms with E-state index >= 15 is 0 Å². The van der Waals surface area contributed by atoms with Gasteiger partial charge in [0, 0.05) is 52.4 Å². The zero-order valence-corrected chi connectivity index (χ0v) is 27.5. The monoisotopic (exact) mass is 671 g/mol. The summed E-state index contributed by atoms with van der Waals surface area (Å²) in [6.07, 6.45) is 3.40. The summed E-state index contributed by atoms with van der Waals surface area (Å²) < 4.78 is 0. The van der Waals surface area contributed by atoms with Crippen LogP contribution in [-0.4, -0.2) is 88.3 Å². The smallest absolute Gasteiger partial charge is 0.0234 e. The zero-order valence-electron chi connectivity index (χ0n) is 21.7. The van der Waals surface area contributed by atoms with Gasteiger partial charge in [-0.1, -0.05) is 24.3 Å². The quantitative estimate of drug-likeness (QED) is 0.275. The Bertz CT molecular complexity index is 535. The summed E-state index contributed by atoms with van der Waals surface area (Å²) in [4.78, 5) is 4.98. The molecule has 0 saturated carbocycles. The van der Waals surface area contributed by atoms with E-state index in [-0.39, 0.29) is 86.8 Å². The molecule has 0 amide bonds. The molecule has 0 unspecified atom stereocenters. The minimum absolute atomic E-state index is 0. The van der Waals surface area contributed by atoms with Gasteiger partial charge in [-0.25, -0.2) is 0 Å². The minimum Gasteiger partial charge on any atom is -0.330 e. The fourth-order valence-electron chi connectivity index (χ4n) is 3.86. The van der Waals surface area contributed by atoms with E-state index in [0.29, 0.717) is 6.54 Å². The van der Waals surface area contributed by atoms with Crippen molar-refractivity contribution in [1.82, 2.24) is 25.8 Å². The largest absolute Gasteiger partial charge is 0.330 e. The van der Waals surface area contributed by atoms with Crippen molar-refractivity contribution in [2.75, 3.05) is 78.5 Å². The third-order valence-corrected chi connectivity index (χ3v) is 5.58. The van der Waals surface area contributed by atoms with E-state index in [0.717, 1.165) is 91.5 Å². The molecule has 2 rings (SSSR count). The first-order valence-corrected chi connectivity index (χ1v) is 11.9. The first-order valence-electron chi connectivity index (χ1n) is 11.9. The molecule has 1 fully saturated rings. The summed E-state index contributed by atoms with van der Waals surface area (Å²) >= 11 is 0. The predicted octanol–water partition coefficient (Wildman–Crippen LogP) is 3.11. The van der Waals surface area contributed by atoms with Gasteiger partial charge in [-0.05, 0) is 69.7 Å². The molecule has 228 valence electrons. The molecule has 1 aromatic rings. The summed E-state index contributed by atoms with van der Waals surface area (Å²) in [5.74, 6) is 0. The van der Waals surface area contributed by atoms with Crippen LogP contribution in [-0.2, 0) is 13.1 Å². The van der Waals surface area contributed by atoms with Crippen molar-refractivity contribution >= 4 is 86.8 Å². The number of hydrogen-bond donors (Lipinski definition) is 5. The van der Waals surface area contributed by atoms with E-state index in [1.54, 1.807) is 0 Å². The Labute approximate surface area is 269 Å². The van der Waals surface area contributed by atoms with Crippen LogP contribution < -0.4 is 27.4 Å². The third kappa shape index (κ3) is 25.7. The van der Waals surface area contributed by atoms with Crippen LogP contribution in [0.5, 0.6) is 0 Å². The summed E-state index contributed by atoms with van der Waals surface area (Å²) in [5.41, 5.74) is 14.2. The Morgan fingerprint density at radius 1 is 0.622 bits per heavy atom. The Kier molecular flexibility index (Phi) is 48.0. The molecule has 1 aliphatic heterocycles. The standard InChI is InChI=1S/C23H45N7.7ClH/c24-8-1-16-29(18-9-25)20-22-4-6-23(7-5-22)21-30-17-3-12-27-14-13-26-10-2-11-28-15-19-30;;;;;;;/h4-7,26-28H,1-3,8-21,24-25H2;7*1H. The molecular weight excluding hydrogens is 622 g/mol. The van der Waals surface area contributed by atoms with Crippen LogP contribution in [0.3, 0.4) is 0 Å². The van der Waals surface area contributed by atoms with Gasteiger partial charge in [0.1, 0.15) is 0 Å². The van der Waals surface area contributed by atoms with Gasteiger partial charge in [0.25, 0.3) is 0 Å². The van der Waals surface area contributed by atoms with Crippen molar-refractivity contribution in [2.24, 2.45) is 11.5 Å². The Balaban J connectivity index is -0.000000343.